The summed E-state index contributed by atoms with van der Waals surface area (Å²) in [6.07, 6.45) is 0. The molecule has 2 aromatic heterocycles. The van der Waals surface area contributed by atoms with Crippen molar-refractivity contribution < 1.29 is 27.0 Å². The lowest BCUT2D eigenvalue weighted by Crippen LogP contribution is -1.89. The van der Waals surface area contributed by atoms with E-state index in [4.69, 9.17) is 17.9 Å². The number of ether oxygens (including phenoxy) is 2. The maximum atomic E-state index is 13.0. The summed E-state index contributed by atoms with van der Waals surface area (Å²) in [6, 6.07) is 33.2. The second kappa shape index (κ2) is 9.11. The van der Waals surface area contributed by atoms with Gasteiger partial charge in [-0.05, 0) is 57.7 Å². The van der Waals surface area contributed by atoms with E-state index in [0.717, 1.165) is 21.5 Å². The van der Waals surface area contributed by atoms with E-state index in [1.54, 1.807) is 48.5 Å². The van der Waals surface area contributed by atoms with Crippen LogP contribution < -0.4 is 9.47 Å². The van der Waals surface area contributed by atoms with Gasteiger partial charge in [0, 0.05) is 27.6 Å². The highest BCUT2D eigenvalue weighted by Gasteiger charge is 2.24. The van der Waals surface area contributed by atoms with Crippen LogP contribution in [0.25, 0.3) is 42.9 Å². The number of hydrogen-bond donors (Lipinski definition) is 0. The Labute approximate surface area is 217 Å². The fraction of sp³-hybridized carbons (Fsp3) is 0. The Balaban J connectivity index is 1.28. The highest BCUT2D eigenvalue weighted by atomic mass is 31.1. The van der Waals surface area contributed by atoms with Gasteiger partial charge >= 0.3 is 15.3 Å². The third-order valence-electron chi connectivity index (χ3n) is 6.34. The van der Waals surface area contributed by atoms with Crippen LogP contribution in [0.3, 0.4) is 0 Å². The molecular formula is C30H18O6P2+2. The van der Waals surface area contributed by atoms with Crippen LogP contribution in [0, 0.1) is 0 Å². The Bertz CT molecular complexity index is 2000. The van der Waals surface area contributed by atoms with Crippen molar-refractivity contribution in [3.05, 3.63) is 109 Å². The van der Waals surface area contributed by atoms with Gasteiger partial charge in [-0.3, -0.25) is 0 Å². The molecule has 0 spiro atoms. The third-order valence-corrected chi connectivity index (χ3v) is 8.72. The SMILES string of the molecule is O=[p+]1oc2ccccc2c2cccc(Oc3cccc(Oc4cccc5c6ccccc6o[p+](=O)c45)c3)c21. The van der Waals surface area contributed by atoms with Gasteiger partial charge in [-0.25, -0.2) is 8.39 Å². The summed E-state index contributed by atoms with van der Waals surface area (Å²) in [7, 11) is -4.29. The summed E-state index contributed by atoms with van der Waals surface area (Å²) in [6.45, 7) is 0. The predicted molar refractivity (Wildman–Crippen MR) is 149 cm³/mol. The van der Waals surface area contributed by atoms with E-state index in [-0.39, 0.29) is 0 Å². The van der Waals surface area contributed by atoms with Gasteiger partial charge in [0.25, 0.3) is 10.2 Å². The van der Waals surface area contributed by atoms with Crippen LogP contribution in [-0.2, 0) is 9.13 Å². The maximum Gasteiger partial charge on any atom is 0.601 e. The average Bonchev–Trinajstić information content (AvgIpc) is 2.93. The molecule has 0 bridgehead atoms. The number of fused-ring (bicyclic) bond motifs is 6. The van der Waals surface area contributed by atoms with Crippen LogP contribution in [0.1, 0.15) is 0 Å². The van der Waals surface area contributed by atoms with Crippen molar-refractivity contribution in [3.63, 3.8) is 0 Å². The summed E-state index contributed by atoms with van der Waals surface area (Å²) in [5.74, 6) is 1.88. The summed E-state index contributed by atoms with van der Waals surface area (Å²) in [4.78, 5) is 0. The van der Waals surface area contributed by atoms with E-state index in [1.807, 2.05) is 60.7 Å². The number of para-hydroxylation sites is 2. The molecule has 6 nitrogen and oxygen atoms in total. The molecule has 2 unspecified atom stereocenters. The molecule has 8 heteroatoms. The van der Waals surface area contributed by atoms with E-state index in [1.165, 1.54) is 0 Å². The highest BCUT2D eigenvalue weighted by Crippen LogP contribution is 2.44. The lowest BCUT2D eigenvalue weighted by Gasteiger charge is -2.09. The summed E-state index contributed by atoms with van der Waals surface area (Å²) in [5, 5.41) is 4.39. The van der Waals surface area contributed by atoms with E-state index in [2.05, 4.69) is 0 Å². The summed E-state index contributed by atoms with van der Waals surface area (Å²) >= 11 is 0. The first-order valence-electron chi connectivity index (χ1n) is 11.9. The van der Waals surface area contributed by atoms with Crippen molar-refractivity contribution in [2.45, 2.75) is 0 Å². The maximum absolute atomic E-state index is 13.0. The fourth-order valence-electron chi connectivity index (χ4n) is 4.68. The predicted octanol–water partition coefficient (Wildman–Crippen LogP) is 10.6. The van der Waals surface area contributed by atoms with Gasteiger partial charge in [0.2, 0.25) is 0 Å². The molecule has 0 N–H and O–H groups in total. The standard InChI is InChI=1S/C30H18O6P2/c31-37-29-23(21-10-1-3-14-25(21)35-37)12-6-16-27(29)33-19-8-5-9-20(18-19)34-28-17-7-13-24-22-11-2-4-15-26(22)36-38(32)30(24)28/h1-18H/q+2. The summed E-state index contributed by atoms with van der Waals surface area (Å²) < 4.78 is 49.8. The minimum atomic E-state index is -2.14. The zero-order valence-corrected chi connectivity index (χ0v) is 21.5. The zero-order chi connectivity index (χ0) is 25.6. The molecular weight excluding hydrogens is 518 g/mol. The van der Waals surface area contributed by atoms with E-state index in [0.29, 0.717) is 44.4 Å². The molecule has 0 aliphatic rings. The molecule has 2 atom stereocenters. The first-order valence-corrected chi connectivity index (χ1v) is 14.2. The van der Waals surface area contributed by atoms with Crippen molar-refractivity contribution >= 4 is 58.3 Å². The molecule has 0 saturated carbocycles. The van der Waals surface area contributed by atoms with Crippen LogP contribution >= 0.6 is 15.3 Å². The number of rotatable bonds is 4. The smallest absolute Gasteiger partial charge is 0.452 e. The van der Waals surface area contributed by atoms with Gasteiger partial charge in [-0.2, -0.15) is 0 Å². The Morgan fingerprint density at radius 3 is 1.39 bits per heavy atom. The molecule has 0 amide bonds. The molecule has 0 radical (unpaired) electrons. The molecule has 0 aliphatic heterocycles. The normalized spacial score (nSPS) is 12.3. The topological polar surface area (TPSA) is 78.9 Å². The molecule has 7 aromatic rings. The van der Waals surface area contributed by atoms with E-state index < -0.39 is 15.3 Å². The van der Waals surface area contributed by atoms with Gasteiger partial charge in [0.1, 0.15) is 11.5 Å². The van der Waals surface area contributed by atoms with E-state index >= 15 is 0 Å². The van der Waals surface area contributed by atoms with Crippen LogP contribution in [0.15, 0.2) is 118 Å². The molecule has 0 saturated heterocycles. The largest absolute Gasteiger partial charge is 0.601 e. The second-order valence-electron chi connectivity index (χ2n) is 8.67. The minimum Gasteiger partial charge on any atom is -0.452 e. The van der Waals surface area contributed by atoms with Gasteiger partial charge < -0.3 is 9.47 Å². The lowest BCUT2D eigenvalue weighted by molar-refractivity contribution is 0.466. The van der Waals surface area contributed by atoms with Crippen LogP contribution in [-0.4, -0.2) is 0 Å². The Kier molecular flexibility index (Phi) is 5.44. The minimum absolute atomic E-state index is 0.445. The molecule has 2 heterocycles. The van der Waals surface area contributed by atoms with Gasteiger partial charge in [0.05, 0.1) is 0 Å². The Morgan fingerprint density at radius 2 is 0.895 bits per heavy atom. The van der Waals surface area contributed by atoms with Crippen LogP contribution in [0.2, 0.25) is 0 Å². The molecule has 0 aliphatic carbocycles. The highest BCUT2D eigenvalue weighted by molar-refractivity contribution is 7.37. The second-order valence-corrected chi connectivity index (χ2v) is 11.0. The monoisotopic (exact) mass is 536 g/mol. The number of benzene rings is 5. The van der Waals surface area contributed by atoms with Crippen molar-refractivity contribution in [2.75, 3.05) is 0 Å². The number of hydrogen-bond acceptors (Lipinski definition) is 6. The molecule has 38 heavy (non-hydrogen) atoms. The van der Waals surface area contributed by atoms with E-state index in [9.17, 15) is 9.13 Å². The molecule has 182 valence electrons. The van der Waals surface area contributed by atoms with Crippen molar-refractivity contribution in [3.8, 4) is 23.0 Å². The van der Waals surface area contributed by atoms with Crippen molar-refractivity contribution in [2.24, 2.45) is 0 Å². The zero-order valence-electron chi connectivity index (χ0n) is 19.7. The van der Waals surface area contributed by atoms with Crippen LogP contribution in [0.5, 0.6) is 23.0 Å². The lowest BCUT2D eigenvalue weighted by atomic mass is 10.1. The fourth-order valence-corrected chi connectivity index (χ4v) is 6.93. The van der Waals surface area contributed by atoms with Gasteiger partial charge in [-0.1, -0.05) is 54.6 Å². The Morgan fingerprint density at radius 1 is 0.474 bits per heavy atom. The first-order chi connectivity index (χ1) is 18.7. The molecule has 0 fully saturated rings. The average molecular weight is 536 g/mol. The first kappa shape index (κ1) is 22.7. The molecule has 5 aromatic carbocycles. The van der Waals surface area contributed by atoms with Crippen molar-refractivity contribution in [1.29, 1.82) is 0 Å². The van der Waals surface area contributed by atoms with Gasteiger partial charge in [-0.15, -0.1) is 0 Å². The Hall–Kier alpha value is -4.50. The molecule has 7 rings (SSSR count). The summed E-state index contributed by atoms with van der Waals surface area (Å²) in [5.41, 5.74) is 1.18. The third kappa shape index (κ3) is 3.83. The van der Waals surface area contributed by atoms with Crippen molar-refractivity contribution in [1.82, 2.24) is 0 Å². The van der Waals surface area contributed by atoms with Gasteiger partial charge in [0.15, 0.2) is 22.7 Å². The van der Waals surface area contributed by atoms with Crippen LogP contribution in [0.4, 0.5) is 0 Å². The quantitative estimate of drug-likeness (QED) is 0.208.